The van der Waals surface area contributed by atoms with Gasteiger partial charge in [0, 0.05) is 13.7 Å². The van der Waals surface area contributed by atoms with Gasteiger partial charge in [-0.15, -0.1) is 0 Å². The van der Waals surface area contributed by atoms with Crippen molar-refractivity contribution in [2.75, 3.05) is 38.8 Å². The summed E-state index contributed by atoms with van der Waals surface area (Å²) >= 11 is 0. The number of anilines is 1. The highest BCUT2D eigenvalue weighted by atomic mass is 16.5. The number of aromatic nitrogens is 4. The molecule has 0 atom stereocenters. The Kier molecular flexibility index (Phi) is 5.51. The van der Waals surface area contributed by atoms with Crippen LogP contribution in [0.25, 0.3) is 16.7 Å². The summed E-state index contributed by atoms with van der Waals surface area (Å²) < 4.78 is 12.0. The first-order chi connectivity index (χ1) is 12.3. The molecule has 0 saturated heterocycles. The molecule has 0 fully saturated rings. The molecule has 0 bridgehead atoms. The van der Waals surface area contributed by atoms with E-state index in [2.05, 4.69) is 26.5 Å². The maximum Gasteiger partial charge on any atom is 0.168 e. The van der Waals surface area contributed by atoms with Gasteiger partial charge in [0.05, 0.1) is 48.7 Å². The molecule has 8 heteroatoms. The summed E-state index contributed by atoms with van der Waals surface area (Å²) in [6.45, 7) is 2.30. The van der Waals surface area contributed by atoms with Gasteiger partial charge in [0.15, 0.2) is 5.65 Å². The number of ether oxygens (including phenoxy) is 2. The molecule has 25 heavy (non-hydrogen) atoms. The molecule has 0 amide bonds. The molecule has 0 radical (unpaired) electrons. The largest absolute Gasteiger partial charge is 0.382 e. The van der Waals surface area contributed by atoms with Gasteiger partial charge in [-0.05, 0) is 18.2 Å². The monoisotopic (exact) mass is 338 g/mol. The third-order valence-corrected chi connectivity index (χ3v) is 3.56. The third kappa shape index (κ3) is 3.91. The zero-order valence-corrected chi connectivity index (χ0v) is 13.8. The SMILES string of the molecule is COCCOCCNc1ncnc2c1cnn2-c1cccc(C#N)c1. The van der Waals surface area contributed by atoms with E-state index in [0.29, 0.717) is 43.4 Å². The number of methoxy groups -OCH3 is 1. The summed E-state index contributed by atoms with van der Waals surface area (Å²) in [5.74, 6) is 0.697. The Morgan fingerprint density at radius 2 is 2.16 bits per heavy atom. The average molecular weight is 338 g/mol. The van der Waals surface area contributed by atoms with E-state index >= 15 is 0 Å². The topological polar surface area (TPSA) is 97.9 Å². The minimum Gasteiger partial charge on any atom is -0.382 e. The van der Waals surface area contributed by atoms with Crippen LogP contribution < -0.4 is 5.32 Å². The number of nitrogens with one attached hydrogen (secondary N) is 1. The van der Waals surface area contributed by atoms with Gasteiger partial charge in [0.2, 0.25) is 0 Å². The highest BCUT2D eigenvalue weighted by molar-refractivity contribution is 5.87. The average Bonchev–Trinajstić information content (AvgIpc) is 3.09. The predicted octanol–water partition coefficient (Wildman–Crippen LogP) is 1.76. The Bertz CT molecular complexity index is 886. The van der Waals surface area contributed by atoms with Crippen LogP contribution in [0.3, 0.4) is 0 Å². The van der Waals surface area contributed by atoms with Gasteiger partial charge in [-0.25, -0.2) is 14.6 Å². The van der Waals surface area contributed by atoms with E-state index in [1.165, 1.54) is 6.33 Å². The lowest BCUT2D eigenvalue weighted by Crippen LogP contribution is -2.13. The molecule has 2 heterocycles. The van der Waals surface area contributed by atoms with E-state index in [1.807, 2.05) is 12.1 Å². The summed E-state index contributed by atoms with van der Waals surface area (Å²) in [6.07, 6.45) is 3.20. The van der Waals surface area contributed by atoms with Crippen molar-refractivity contribution in [3.05, 3.63) is 42.4 Å². The van der Waals surface area contributed by atoms with E-state index < -0.39 is 0 Å². The van der Waals surface area contributed by atoms with Crippen LogP contribution in [0.4, 0.5) is 5.82 Å². The minimum atomic E-state index is 0.549. The van der Waals surface area contributed by atoms with E-state index in [9.17, 15) is 0 Å². The standard InChI is InChI=1S/C17H18N6O2/c1-24-7-8-25-6-5-19-16-15-11-22-23(17(15)21-12-20-16)14-4-2-3-13(9-14)10-18/h2-4,9,11-12H,5-8H2,1H3,(H,19,20,21). The smallest absolute Gasteiger partial charge is 0.168 e. The lowest BCUT2D eigenvalue weighted by molar-refractivity contribution is 0.0759. The Balaban J connectivity index is 1.77. The lowest BCUT2D eigenvalue weighted by Gasteiger charge is -2.07. The second kappa shape index (κ2) is 8.19. The van der Waals surface area contributed by atoms with Crippen LogP contribution in [0, 0.1) is 11.3 Å². The van der Waals surface area contributed by atoms with Gasteiger partial charge in [0.1, 0.15) is 12.1 Å². The number of hydrogen-bond donors (Lipinski definition) is 1. The third-order valence-electron chi connectivity index (χ3n) is 3.56. The van der Waals surface area contributed by atoms with Gasteiger partial charge in [-0.1, -0.05) is 6.07 Å². The van der Waals surface area contributed by atoms with Crippen LogP contribution in [0.1, 0.15) is 5.56 Å². The van der Waals surface area contributed by atoms with Crippen molar-refractivity contribution in [2.45, 2.75) is 0 Å². The van der Waals surface area contributed by atoms with Crippen LogP contribution in [-0.2, 0) is 9.47 Å². The van der Waals surface area contributed by atoms with Crippen LogP contribution >= 0.6 is 0 Å². The first kappa shape index (κ1) is 16.8. The fraction of sp³-hybridized carbons (Fsp3) is 0.294. The van der Waals surface area contributed by atoms with E-state index in [4.69, 9.17) is 14.7 Å². The van der Waals surface area contributed by atoms with Crippen molar-refractivity contribution < 1.29 is 9.47 Å². The normalized spacial score (nSPS) is 10.7. The summed E-state index contributed by atoms with van der Waals surface area (Å²) in [7, 11) is 1.64. The molecule has 0 aliphatic heterocycles. The van der Waals surface area contributed by atoms with Crippen LogP contribution in [0.2, 0.25) is 0 Å². The van der Waals surface area contributed by atoms with Gasteiger partial charge in [-0.2, -0.15) is 10.4 Å². The number of rotatable bonds is 8. The fourth-order valence-corrected chi connectivity index (χ4v) is 2.37. The van der Waals surface area contributed by atoms with E-state index in [1.54, 1.807) is 30.1 Å². The molecule has 1 N–H and O–H groups in total. The van der Waals surface area contributed by atoms with Crippen LogP contribution in [0.5, 0.6) is 0 Å². The lowest BCUT2D eigenvalue weighted by atomic mass is 10.2. The first-order valence-corrected chi connectivity index (χ1v) is 7.83. The molecule has 0 aliphatic rings. The quantitative estimate of drug-likeness (QED) is 0.625. The zero-order valence-electron chi connectivity index (χ0n) is 13.8. The molecule has 0 unspecified atom stereocenters. The molecule has 8 nitrogen and oxygen atoms in total. The van der Waals surface area contributed by atoms with Gasteiger partial charge >= 0.3 is 0 Å². The van der Waals surface area contributed by atoms with Crippen LogP contribution in [0.15, 0.2) is 36.8 Å². The van der Waals surface area contributed by atoms with Crippen molar-refractivity contribution in [3.63, 3.8) is 0 Å². The molecule has 3 aromatic rings. The Morgan fingerprint density at radius 3 is 3.00 bits per heavy atom. The van der Waals surface area contributed by atoms with Crippen molar-refractivity contribution in [2.24, 2.45) is 0 Å². The molecule has 1 aromatic carbocycles. The first-order valence-electron chi connectivity index (χ1n) is 7.83. The van der Waals surface area contributed by atoms with Crippen LogP contribution in [-0.4, -0.2) is 53.2 Å². The van der Waals surface area contributed by atoms with Gasteiger partial charge in [0.25, 0.3) is 0 Å². The minimum absolute atomic E-state index is 0.549. The number of nitriles is 1. The molecule has 3 rings (SSSR count). The van der Waals surface area contributed by atoms with Crippen molar-refractivity contribution in [1.82, 2.24) is 19.7 Å². The highest BCUT2D eigenvalue weighted by Crippen LogP contribution is 2.21. The van der Waals surface area contributed by atoms with Crippen molar-refractivity contribution in [1.29, 1.82) is 5.26 Å². The van der Waals surface area contributed by atoms with Crippen molar-refractivity contribution >= 4 is 16.9 Å². The second-order valence-corrected chi connectivity index (χ2v) is 5.21. The van der Waals surface area contributed by atoms with E-state index in [-0.39, 0.29) is 0 Å². The molecular formula is C17H18N6O2. The van der Waals surface area contributed by atoms with Gasteiger partial charge in [-0.3, -0.25) is 0 Å². The molecule has 128 valence electrons. The number of benzene rings is 1. The molecular weight excluding hydrogens is 320 g/mol. The molecule has 2 aromatic heterocycles. The molecule has 0 saturated carbocycles. The Morgan fingerprint density at radius 1 is 1.24 bits per heavy atom. The summed E-state index contributed by atoms with van der Waals surface area (Å²) in [5, 5.41) is 17.5. The fourth-order valence-electron chi connectivity index (χ4n) is 2.37. The summed E-state index contributed by atoms with van der Waals surface area (Å²) in [5.41, 5.74) is 2.02. The number of fused-ring (bicyclic) bond motifs is 1. The summed E-state index contributed by atoms with van der Waals surface area (Å²) in [4.78, 5) is 8.59. The molecule has 0 aliphatic carbocycles. The molecule has 0 spiro atoms. The maximum atomic E-state index is 9.06. The second-order valence-electron chi connectivity index (χ2n) is 5.21. The Labute approximate surface area is 145 Å². The highest BCUT2D eigenvalue weighted by Gasteiger charge is 2.11. The Hall–Kier alpha value is -3.02. The van der Waals surface area contributed by atoms with Crippen molar-refractivity contribution in [3.8, 4) is 11.8 Å². The number of hydrogen-bond acceptors (Lipinski definition) is 7. The van der Waals surface area contributed by atoms with Gasteiger partial charge < -0.3 is 14.8 Å². The maximum absolute atomic E-state index is 9.06. The number of nitrogens with zero attached hydrogens (tertiary/aromatic N) is 5. The van der Waals surface area contributed by atoms with E-state index in [0.717, 1.165) is 11.1 Å². The predicted molar refractivity (Wildman–Crippen MR) is 92.6 cm³/mol. The zero-order chi connectivity index (χ0) is 17.5. The summed E-state index contributed by atoms with van der Waals surface area (Å²) in [6, 6.07) is 9.35.